The minimum Gasteiger partial charge on any atom is -0.443 e. The Labute approximate surface area is 99.5 Å². The van der Waals surface area contributed by atoms with E-state index < -0.39 is 11.7 Å². The average Bonchev–Trinajstić information content (AvgIpc) is 2.26. The number of hydrogen-bond acceptors (Lipinski definition) is 6. The lowest BCUT2D eigenvalue weighted by atomic mass is 9.89. The van der Waals surface area contributed by atoms with E-state index in [9.17, 15) is 4.79 Å². The Hall–Kier alpha value is -1.89. The van der Waals surface area contributed by atoms with Gasteiger partial charge in [0.2, 0.25) is 0 Å². The Bertz CT molecular complexity index is 407. The van der Waals surface area contributed by atoms with Crippen LogP contribution in [0, 0.1) is 0 Å². The molecule has 0 spiro atoms. The zero-order chi connectivity index (χ0) is 13.1. The van der Waals surface area contributed by atoms with Gasteiger partial charge in [-0.2, -0.15) is 0 Å². The van der Waals surface area contributed by atoms with Crippen molar-refractivity contribution in [3.05, 3.63) is 18.1 Å². The maximum absolute atomic E-state index is 10.8. The Balaban J connectivity index is 2.94. The highest BCUT2D eigenvalue weighted by atomic mass is 16.6. The highest BCUT2D eigenvalue weighted by molar-refractivity contribution is 5.65. The minimum absolute atomic E-state index is 0.148. The van der Waals surface area contributed by atoms with Gasteiger partial charge in [-0.1, -0.05) is 6.92 Å². The summed E-state index contributed by atoms with van der Waals surface area (Å²) in [6, 6.07) is 1.69. The van der Waals surface area contributed by atoms with Crippen molar-refractivity contribution in [3.63, 3.8) is 0 Å². The van der Waals surface area contributed by atoms with E-state index in [0.29, 0.717) is 11.5 Å². The normalized spacial score (nSPS) is 12.9. The van der Waals surface area contributed by atoms with E-state index in [1.54, 1.807) is 19.9 Å². The molecule has 0 aromatic carbocycles. The van der Waals surface area contributed by atoms with Crippen LogP contribution in [-0.2, 0) is 4.74 Å². The number of carbonyl (C=O) groups is 1. The fraction of sp³-hybridized carbons (Fsp3) is 0.500. The van der Waals surface area contributed by atoms with Gasteiger partial charge in [-0.25, -0.2) is 20.6 Å². The third-order valence-corrected chi connectivity index (χ3v) is 2.69. The number of carbonyl (C=O) groups excluding carboxylic acids is 1. The Morgan fingerprint density at radius 2 is 2.18 bits per heavy atom. The van der Waals surface area contributed by atoms with Crippen LogP contribution in [0.25, 0.3) is 0 Å². The number of ether oxygens (including phenoxy) is 1. The van der Waals surface area contributed by atoms with E-state index in [4.69, 9.17) is 16.3 Å². The smallest absolute Gasteiger partial charge is 0.405 e. The van der Waals surface area contributed by atoms with Crippen molar-refractivity contribution in [3.8, 4) is 0 Å². The number of aromatic nitrogens is 2. The van der Waals surface area contributed by atoms with Gasteiger partial charge >= 0.3 is 6.09 Å². The summed E-state index contributed by atoms with van der Waals surface area (Å²) in [5, 5.41) is 0. The maximum atomic E-state index is 10.8. The summed E-state index contributed by atoms with van der Waals surface area (Å²) < 4.78 is 5.05. The highest BCUT2D eigenvalue weighted by Gasteiger charge is 2.31. The number of anilines is 1. The molecule has 1 aromatic heterocycles. The van der Waals surface area contributed by atoms with Crippen molar-refractivity contribution < 1.29 is 9.53 Å². The van der Waals surface area contributed by atoms with Crippen LogP contribution in [0.15, 0.2) is 12.4 Å². The van der Waals surface area contributed by atoms with Crippen LogP contribution in [0.1, 0.15) is 32.4 Å². The fourth-order valence-electron chi connectivity index (χ4n) is 1.39. The summed E-state index contributed by atoms with van der Waals surface area (Å²) in [5.41, 5.74) is 7.40. The first-order chi connectivity index (χ1) is 7.86. The van der Waals surface area contributed by atoms with Crippen LogP contribution in [0.4, 0.5) is 10.6 Å². The molecule has 0 aliphatic heterocycles. The van der Waals surface area contributed by atoms with Crippen LogP contribution >= 0.6 is 0 Å². The van der Waals surface area contributed by atoms with Gasteiger partial charge in [-0.05, 0) is 13.8 Å². The molecule has 0 bridgehead atoms. The SMILES string of the molecule is CC(c1cc(NN)ncn1)C(C)(C)OC(N)=O. The molecule has 1 atom stereocenters. The summed E-state index contributed by atoms with van der Waals surface area (Å²) in [4.78, 5) is 18.8. The number of hydrazine groups is 1. The average molecular weight is 239 g/mol. The number of amides is 1. The molecule has 0 aliphatic carbocycles. The predicted octanol–water partition coefficient (Wildman–Crippen LogP) is 0.740. The molecule has 0 aliphatic rings. The van der Waals surface area contributed by atoms with Gasteiger partial charge in [0.1, 0.15) is 17.7 Å². The van der Waals surface area contributed by atoms with Crippen LogP contribution in [0.3, 0.4) is 0 Å². The van der Waals surface area contributed by atoms with E-state index in [1.165, 1.54) is 6.33 Å². The van der Waals surface area contributed by atoms with Gasteiger partial charge in [-0.3, -0.25) is 0 Å². The lowest BCUT2D eigenvalue weighted by Crippen LogP contribution is -2.36. The minimum atomic E-state index is -0.812. The summed E-state index contributed by atoms with van der Waals surface area (Å²) >= 11 is 0. The first-order valence-electron chi connectivity index (χ1n) is 5.14. The molecular formula is C10H17N5O2. The van der Waals surface area contributed by atoms with Gasteiger partial charge in [0.15, 0.2) is 0 Å². The summed E-state index contributed by atoms with van der Waals surface area (Å²) in [6.45, 7) is 5.41. The van der Waals surface area contributed by atoms with Crippen molar-refractivity contribution in [2.75, 3.05) is 5.43 Å². The number of hydrogen-bond donors (Lipinski definition) is 3. The van der Waals surface area contributed by atoms with Crippen molar-refractivity contribution in [2.24, 2.45) is 11.6 Å². The van der Waals surface area contributed by atoms with Gasteiger partial charge in [0.05, 0.1) is 5.69 Å². The van der Waals surface area contributed by atoms with Crippen LogP contribution in [0.2, 0.25) is 0 Å². The largest absolute Gasteiger partial charge is 0.443 e. The van der Waals surface area contributed by atoms with Crippen LogP contribution in [0.5, 0.6) is 0 Å². The molecule has 1 rings (SSSR count). The zero-order valence-electron chi connectivity index (χ0n) is 10.1. The first-order valence-corrected chi connectivity index (χ1v) is 5.14. The number of primary amides is 1. The predicted molar refractivity (Wildman–Crippen MR) is 63.0 cm³/mol. The topological polar surface area (TPSA) is 116 Å². The fourth-order valence-corrected chi connectivity index (χ4v) is 1.39. The third kappa shape index (κ3) is 3.28. The number of rotatable bonds is 4. The first kappa shape index (κ1) is 13.2. The summed E-state index contributed by atoms with van der Waals surface area (Å²) in [6.07, 6.45) is 0.578. The molecular weight excluding hydrogens is 222 g/mol. The molecule has 5 N–H and O–H groups in total. The Kier molecular flexibility index (Phi) is 3.84. The van der Waals surface area contributed by atoms with E-state index in [0.717, 1.165) is 0 Å². The van der Waals surface area contributed by atoms with Crippen LogP contribution in [-0.4, -0.2) is 21.7 Å². The van der Waals surface area contributed by atoms with Crippen LogP contribution < -0.4 is 17.0 Å². The quantitative estimate of drug-likeness (QED) is 0.527. The van der Waals surface area contributed by atoms with Gasteiger partial charge < -0.3 is 15.9 Å². The summed E-state index contributed by atoms with van der Waals surface area (Å²) in [5.74, 6) is 5.61. The molecule has 1 aromatic rings. The van der Waals surface area contributed by atoms with E-state index in [-0.39, 0.29) is 5.92 Å². The molecule has 7 heteroatoms. The molecule has 94 valence electrons. The second-order valence-electron chi connectivity index (χ2n) is 4.22. The molecule has 0 radical (unpaired) electrons. The number of nitrogens with zero attached hydrogens (tertiary/aromatic N) is 2. The molecule has 0 saturated heterocycles. The second-order valence-corrected chi connectivity index (χ2v) is 4.22. The Morgan fingerprint density at radius 1 is 1.53 bits per heavy atom. The molecule has 7 nitrogen and oxygen atoms in total. The standard InChI is InChI=1S/C10H17N5O2/c1-6(10(2,3)17-9(11)16)7-4-8(15-12)14-5-13-7/h4-6H,12H2,1-3H3,(H2,11,16)(H,13,14,15). The second kappa shape index (κ2) is 4.96. The van der Waals surface area contributed by atoms with Crippen molar-refractivity contribution in [2.45, 2.75) is 32.3 Å². The molecule has 0 saturated carbocycles. The van der Waals surface area contributed by atoms with E-state index in [1.807, 2.05) is 6.92 Å². The zero-order valence-corrected chi connectivity index (χ0v) is 10.1. The molecule has 0 fully saturated rings. The van der Waals surface area contributed by atoms with Gasteiger partial charge in [-0.15, -0.1) is 0 Å². The number of nitrogens with two attached hydrogens (primary N) is 2. The van der Waals surface area contributed by atoms with E-state index in [2.05, 4.69) is 15.4 Å². The molecule has 1 amide bonds. The third-order valence-electron chi connectivity index (χ3n) is 2.69. The Morgan fingerprint density at radius 3 is 2.71 bits per heavy atom. The van der Waals surface area contributed by atoms with Crippen molar-refractivity contribution in [1.29, 1.82) is 0 Å². The maximum Gasteiger partial charge on any atom is 0.405 e. The summed E-state index contributed by atoms with van der Waals surface area (Å²) in [7, 11) is 0. The highest BCUT2D eigenvalue weighted by Crippen LogP contribution is 2.29. The van der Waals surface area contributed by atoms with E-state index >= 15 is 0 Å². The van der Waals surface area contributed by atoms with Gasteiger partial charge in [0, 0.05) is 12.0 Å². The number of nitrogens with one attached hydrogen (secondary N) is 1. The number of nitrogen functional groups attached to an aromatic ring is 1. The molecule has 1 heterocycles. The lowest BCUT2D eigenvalue weighted by molar-refractivity contribution is 0.0272. The lowest BCUT2D eigenvalue weighted by Gasteiger charge is -2.30. The molecule has 1 unspecified atom stereocenters. The van der Waals surface area contributed by atoms with Crippen molar-refractivity contribution >= 4 is 11.9 Å². The monoisotopic (exact) mass is 239 g/mol. The van der Waals surface area contributed by atoms with Gasteiger partial charge in [0.25, 0.3) is 0 Å². The van der Waals surface area contributed by atoms with Crippen molar-refractivity contribution in [1.82, 2.24) is 9.97 Å². The molecule has 17 heavy (non-hydrogen) atoms.